The second-order valence-electron chi connectivity index (χ2n) is 7.83. The molecule has 4 rings (SSSR count). The van der Waals surface area contributed by atoms with E-state index in [4.69, 9.17) is 43.8 Å². The zero-order valence-corrected chi connectivity index (χ0v) is 23.3. The van der Waals surface area contributed by atoms with Crippen molar-refractivity contribution >= 4 is 81.7 Å². The molecule has 0 saturated carbocycles. The number of hydrogen-bond acceptors (Lipinski definition) is 12. The lowest BCUT2D eigenvalue weighted by molar-refractivity contribution is 0.417. The zero-order valence-electron chi connectivity index (χ0n) is 19.3. The summed E-state index contributed by atoms with van der Waals surface area (Å²) in [7, 11) is -14.2. The van der Waals surface area contributed by atoms with E-state index in [2.05, 4.69) is 9.98 Å². The molecule has 0 radical (unpaired) electrons. The van der Waals surface area contributed by atoms with E-state index in [9.17, 15) is 43.7 Å². The molecule has 0 spiro atoms. The molecule has 2 aliphatic rings. The van der Waals surface area contributed by atoms with Gasteiger partial charge in [-0.2, -0.15) is 25.3 Å². The molecule has 16 nitrogen and oxygen atoms in total. The maximum Gasteiger partial charge on any atom is 0.300 e. The van der Waals surface area contributed by atoms with E-state index in [0.29, 0.717) is 12.1 Å². The maximum atomic E-state index is 13.1. The van der Waals surface area contributed by atoms with Crippen LogP contribution in [0.3, 0.4) is 0 Å². The van der Waals surface area contributed by atoms with Crippen LogP contribution in [0.5, 0.6) is 5.75 Å². The van der Waals surface area contributed by atoms with Crippen LogP contribution >= 0.6 is 23.2 Å². The van der Waals surface area contributed by atoms with Gasteiger partial charge >= 0.3 is 0 Å². The lowest BCUT2D eigenvalue weighted by Crippen LogP contribution is -2.28. The fourth-order valence-electron chi connectivity index (χ4n) is 3.65. The van der Waals surface area contributed by atoms with Gasteiger partial charge in [-0.1, -0.05) is 23.2 Å². The fraction of sp³-hybridized carbons (Fsp3) is 0.0526. The number of methoxy groups -OCH3 is 1. The average molecular weight is 657 g/mol. The Balaban J connectivity index is 2.22. The number of halogens is 2. The summed E-state index contributed by atoms with van der Waals surface area (Å²) < 4.78 is 111. The number of fused-ring (bicyclic) bond motifs is 2. The van der Waals surface area contributed by atoms with Crippen molar-refractivity contribution in [1.82, 2.24) is 4.98 Å². The summed E-state index contributed by atoms with van der Waals surface area (Å²) in [4.78, 5) is 16.3. The molecule has 0 saturated heterocycles. The van der Waals surface area contributed by atoms with Crippen molar-refractivity contribution in [2.45, 2.75) is 14.7 Å². The van der Waals surface area contributed by atoms with Gasteiger partial charge in [0.25, 0.3) is 30.4 Å². The molecule has 0 fully saturated rings. The van der Waals surface area contributed by atoms with Gasteiger partial charge in [0.15, 0.2) is 16.2 Å². The third-order valence-corrected chi connectivity index (χ3v) is 8.75. The largest absolute Gasteiger partial charge is 0.494 e. The number of nitrogens with two attached hydrogens (primary N) is 2. The number of nitrogens with zero attached hydrogens (tertiary/aromatic N) is 1. The number of nitrogen functional groups attached to an aromatic ring is 2. The van der Waals surface area contributed by atoms with Crippen LogP contribution in [-0.2, 0) is 30.4 Å². The lowest BCUT2D eigenvalue weighted by Gasteiger charge is -2.16. The smallest absolute Gasteiger partial charge is 0.300 e. The molecule has 214 valence electrons. The summed E-state index contributed by atoms with van der Waals surface area (Å²) in [5.74, 6) is -0.605. The zero-order chi connectivity index (χ0) is 30.1. The van der Waals surface area contributed by atoms with Crippen LogP contribution in [0.4, 0.5) is 17.1 Å². The molecular weight excluding hydrogens is 643 g/mol. The summed E-state index contributed by atoms with van der Waals surface area (Å²) in [6, 6.07) is 2.18. The van der Waals surface area contributed by atoms with Crippen molar-refractivity contribution in [3.05, 3.63) is 43.8 Å². The van der Waals surface area contributed by atoms with Gasteiger partial charge in [0.2, 0.25) is 5.43 Å². The Kier molecular flexibility index (Phi) is 7.09. The summed E-state index contributed by atoms with van der Waals surface area (Å²) in [6.07, 6.45) is 0. The van der Waals surface area contributed by atoms with Crippen LogP contribution in [0.25, 0.3) is 22.6 Å². The number of aromatic amines is 1. The van der Waals surface area contributed by atoms with Crippen molar-refractivity contribution in [2.75, 3.05) is 18.6 Å². The van der Waals surface area contributed by atoms with Gasteiger partial charge in [0.1, 0.15) is 42.2 Å². The highest BCUT2D eigenvalue weighted by atomic mass is 35.5. The van der Waals surface area contributed by atoms with E-state index in [0.717, 1.165) is 6.07 Å². The Bertz CT molecular complexity index is 2140. The number of hydrogen-bond donors (Lipinski definition) is 6. The predicted octanol–water partition coefficient (Wildman–Crippen LogP) is 1.68. The molecule has 1 heterocycles. The number of anilines is 2. The van der Waals surface area contributed by atoms with Gasteiger partial charge in [0, 0.05) is 6.07 Å². The molecule has 21 heteroatoms. The van der Waals surface area contributed by atoms with Crippen molar-refractivity contribution in [3.63, 3.8) is 0 Å². The maximum absolute atomic E-state index is 13.1. The van der Waals surface area contributed by atoms with Gasteiger partial charge in [0.05, 0.1) is 24.2 Å². The number of benzene rings is 3. The van der Waals surface area contributed by atoms with E-state index in [1.54, 1.807) is 0 Å². The van der Waals surface area contributed by atoms with Crippen LogP contribution in [0.1, 0.15) is 0 Å². The Labute approximate surface area is 233 Å². The van der Waals surface area contributed by atoms with Crippen LogP contribution in [0.15, 0.2) is 47.1 Å². The van der Waals surface area contributed by atoms with E-state index in [1.165, 1.54) is 7.11 Å². The van der Waals surface area contributed by atoms with E-state index < -0.39 is 94.3 Å². The van der Waals surface area contributed by atoms with Crippen LogP contribution < -0.4 is 27.0 Å². The molecule has 0 bridgehead atoms. The quantitative estimate of drug-likeness (QED) is 0.101. The minimum atomic E-state index is -5.17. The molecule has 0 unspecified atom stereocenters. The summed E-state index contributed by atoms with van der Waals surface area (Å²) >= 11 is 12.6. The SMILES string of the molecule is COc1cc(N)c(S(=O)(=O)O)c2oc3c(Cl)c(=Nc4cc(S(=O)(=O)O)c(N)c(S(=O)(=O)O)c4)c(=O)c(Cl)c-3[nH]c12. The molecule has 0 amide bonds. The monoisotopic (exact) mass is 656 g/mol. The normalized spacial score (nSPS) is 13.3. The Hall–Kier alpha value is -3.43. The molecule has 2 aromatic rings. The first-order valence-electron chi connectivity index (χ1n) is 10.0. The second kappa shape index (κ2) is 9.59. The highest BCUT2D eigenvalue weighted by molar-refractivity contribution is 7.87. The number of rotatable bonds is 5. The molecule has 8 N–H and O–H groups in total. The van der Waals surface area contributed by atoms with Crippen LogP contribution in [-0.4, -0.2) is 51.0 Å². The number of nitrogens with one attached hydrogen (secondary N) is 1. The first-order valence-corrected chi connectivity index (χ1v) is 15.1. The number of ether oxygens (including phenoxy) is 1. The Morgan fingerprint density at radius 2 is 1.48 bits per heavy atom. The molecule has 40 heavy (non-hydrogen) atoms. The first-order chi connectivity index (χ1) is 18.3. The van der Waals surface area contributed by atoms with Crippen molar-refractivity contribution < 1.29 is 48.1 Å². The molecule has 2 aromatic carbocycles. The molecule has 1 aliphatic heterocycles. The fourth-order valence-corrected chi connectivity index (χ4v) is 6.25. The van der Waals surface area contributed by atoms with Gasteiger partial charge in [-0.05, 0) is 12.1 Å². The first kappa shape index (κ1) is 29.6. The van der Waals surface area contributed by atoms with Crippen LogP contribution in [0.2, 0.25) is 10.0 Å². The molecule has 0 aromatic heterocycles. The third-order valence-electron chi connectivity index (χ3n) is 5.31. The van der Waals surface area contributed by atoms with Crippen LogP contribution in [0, 0.1) is 0 Å². The van der Waals surface area contributed by atoms with Gasteiger partial charge in [-0.25, -0.2) is 4.99 Å². The summed E-state index contributed by atoms with van der Waals surface area (Å²) in [6.45, 7) is 0. The summed E-state index contributed by atoms with van der Waals surface area (Å²) in [5.41, 5.74) is 6.78. The van der Waals surface area contributed by atoms with Gasteiger partial charge < -0.3 is 25.6 Å². The van der Waals surface area contributed by atoms with E-state index in [-0.39, 0.29) is 17.0 Å². The predicted molar refractivity (Wildman–Crippen MR) is 140 cm³/mol. The van der Waals surface area contributed by atoms with Crippen molar-refractivity contribution in [2.24, 2.45) is 4.99 Å². The highest BCUT2D eigenvalue weighted by Gasteiger charge is 2.29. The average Bonchev–Trinajstić information content (AvgIpc) is 2.82. The minimum Gasteiger partial charge on any atom is -0.494 e. The van der Waals surface area contributed by atoms with Crippen molar-refractivity contribution in [3.8, 4) is 17.2 Å². The molecule has 1 aliphatic carbocycles. The lowest BCUT2D eigenvalue weighted by atomic mass is 10.2. The summed E-state index contributed by atoms with van der Waals surface area (Å²) in [5, 5.41) is -2.09. The topological polar surface area (TPSA) is 283 Å². The second-order valence-corrected chi connectivity index (χ2v) is 12.7. The van der Waals surface area contributed by atoms with Gasteiger partial charge in [-0.15, -0.1) is 0 Å². The molecule has 0 atom stereocenters. The Morgan fingerprint density at radius 3 is 1.95 bits per heavy atom. The minimum absolute atomic E-state index is 0.0867. The van der Waals surface area contributed by atoms with Gasteiger partial charge in [-0.3, -0.25) is 18.5 Å². The van der Waals surface area contributed by atoms with E-state index >= 15 is 0 Å². The third kappa shape index (κ3) is 4.97. The standard InChI is InChI=1S/C19H14Cl2N4O12S3/c1-36-7-4-6(22)19(40(33,34)35)18-13(7)25-15-10(20)16(26)14(11(21)17(15)37-18)24-5-2-8(38(27,28)29)12(23)9(3-5)39(30,31)32/h2-4,25H,22-23H2,1H3,(H,27,28,29)(H,30,31,32)(H,33,34,35). The molecular formula is C19H14Cl2N4O12S3. The van der Waals surface area contributed by atoms with E-state index in [1.807, 2.05) is 0 Å². The number of H-pyrrole nitrogens is 1. The van der Waals surface area contributed by atoms with Crippen molar-refractivity contribution in [1.29, 1.82) is 0 Å². The Morgan fingerprint density at radius 1 is 0.925 bits per heavy atom. The highest BCUT2D eigenvalue weighted by Crippen LogP contribution is 2.40. The number of aromatic nitrogens is 1.